The Labute approximate surface area is 136 Å². The number of aryl methyl sites for hydroxylation is 1. The van der Waals surface area contributed by atoms with E-state index in [1.807, 2.05) is 31.2 Å². The molecule has 0 atom stereocenters. The molecular formula is C15H12Cl2N2OS. The van der Waals surface area contributed by atoms with Gasteiger partial charge < -0.3 is 10.1 Å². The summed E-state index contributed by atoms with van der Waals surface area (Å²) in [6, 6.07) is 9.39. The van der Waals surface area contributed by atoms with Crippen molar-refractivity contribution in [3.05, 3.63) is 45.9 Å². The highest BCUT2D eigenvalue weighted by Gasteiger charge is 2.10. The van der Waals surface area contributed by atoms with Gasteiger partial charge in [-0.1, -0.05) is 34.5 Å². The molecule has 0 unspecified atom stereocenters. The number of methoxy groups -OCH3 is 1. The standard InChI is InChI=1S/C15H12Cl2N2OS/c1-8-5-12(13(20-2)7-10(8)17)19-15-18-11-4-3-9(16)6-14(11)21-15/h3-7H,1-2H3,(H,18,19). The van der Waals surface area contributed by atoms with Gasteiger partial charge in [-0.25, -0.2) is 4.98 Å². The second-order valence-corrected chi connectivity index (χ2v) is 6.43. The number of aromatic nitrogens is 1. The normalized spacial score (nSPS) is 10.9. The number of nitrogens with one attached hydrogen (secondary N) is 1. The molecule has 6 heteroatoms. The molecule has 0 bridgehead atoms. The van der Waals surface area contributed by atoms with Crippen LogP contribution >= 0.6 is 34.5 Å². The third-order valence-corrected chi connectivity index (χ3v) is 4.65. The van der Waals surface area contributed by atoms with E-state index in [0.717, 1.165) is 26.6 Å². The summed E-state index contributed by atoms with van der Waals surface area (Å²) in [6.07, 6.45) is 0. The number of rotatable bonds is 3. The van der Waals surface area contributed by atoms with Gasteiger partial charge in [0.1, 0.15) is 5.75 Å². The molecule has 0 saturated heterocycles. The predicted octanol–water partition coefficient (Wildman–Crippen LogP) is 5.66. The lowest BCUT2D eigenvalue weighted by molar-refractivity contribution is 0.417. The second-order valence-electron chi connectivity index (χ2n) is 4.56. The molecule has 1 N–H and O–H groups in total. The van der Waals surface area contributed by atoms with Crippen molar-refractivity contribution >= 4 is 55.6 Å². The van der Waals surface area contributed by atoms with Gasteiger partial charge in [-0.2, -0.15) is 0 Å². The van der Waals surface area contributed by atoms with Crippen molar-refractivity contribution in [1.82, 2.24) is 4.98 Å². The third-order valence-electron chi connectivity index (χ3n) is 3.07. The van der Waals surface area contributed by atoms with E-state index < -0.39 is 0 Å². The Balaban J connectivity index is 2.00. The van der Waals surface area contributed by atoms with Crippen LogP contribution in [0.2, 0.25) is 10.0 Å². The number of thiazole rings is 1. The molecule has 0 aliphatic heterocycles. The van der Waals surface area contributed by atoms with Gasteiger partial charge in [0, 0.05) is 16.1 Å². The minimum absolute atomic E-state index is 0.675. The van der Waals surface area contributed by atoms with Gasteiger partial charge in [0.05, 0.1) is 23.0 Å². The van der Waals surface area contributed by atoms with Crippen molar-refractivity contribution in [2.24, 2.45) is 0 Å². The van der Waals surface area contributed by atoms with Gasteiger partial charge in [-0.15, -0.1) is 0 Å². The Morgan fingerprint density at radius 2 is 2.00 bits per heavy atom. The van der Waals surface area contributed by atoms with Crippen LogP contribution in [0.3, 0.4) is 0 Å². The zero-order valence-electron chi connectivity index (χ0n) is 11.4. The molecule has 0 spiro atoms. The topological polar surface area (TPSA) is 34.1 Å². The molecule has 0 fully saturated rings. The van der Waals surface area contributed by atoms with Crippen LogP contribution in [0.5, 0.6) is 5.75 Å². The molecule has 0 radical (unpaired) electrons. The summed E-state index contributed by atoms with van der Waals surface area (Å²) < 4.78 is 6.39. The van der Waals surface area contributed by atoms with E-state index >= 15 is 0 Å². The molecule has 3 rings (SSSR count). The molecule has 3 aromatic rings. The summed E-state index contributed by atoms with van der Waals surface area (Å²) in [7, 11) is 1.62. The fourth-order valence-electron chi connectivity index (χ4n) is 2.00. The summed E-state index contributed by atoms with van der Waals surface area (Å²) in [4.78, 5) is 4.54. The van der Waals surface area contributed by atoms with Gasteiger partial charge >= 0.3 is 0 Å². The Kier molecular flexibility index (Phi) is 3.93. The van der Waals surface area contributed by atoms with Crippen LogP contribution in [0.1, 0.15) is 5.56 Å². The molecule has 0 aliphatic rings. The van der Waals surface area contributed by atoms with E-state index in [-0.39, 0.29) is 0 Å². The Morgan fingerprint density at radius 1 is 1.19 bits per heavy atom. The molecule has 2 aromatic carbocycles. The van der Waals surface area contributed by atoms with Crippen LogP contribution in [0.4, 0.5) is 10.8 Å². The highest BCUT2D eigenvalue weighted by Crippen LogP contribution is 2.35. The quantitative estimate of drug-likeness (QED) is 0.668. The SMILES string of the molecule is COc1cc(Cl)c(C)cc1Nc1nc2ccc(Cl)cc2s1. The number of halogens is 2. The summed E-state index contributed by atoms with van der Waals surface area (Å²) in [5.74, 6) is 0.683. The van der Waals surface area contributed by atoms with Gasteiger partial charge in [0.15, 0.2) is 5.13 Å². The molecule has 21 heavy (non-hydrogen) atoms. The van der Waals surface area contributed by atoms with Crippen LogP contribution in [0, 0.1) is 6.92 Å². The Bertz CT molecular complexity index is 817. The predicted molar refractivity (Wildman–Crippen MR) is 90.7 cm³/mol. The molecule has 108 valence electrons. The fourth-order valence-corrected chi connectivity index (χ4v) is 3.30. The number of anilines is 2. The molecule has 0 saturated carbocycles. The Morgan fingerprint density at radius 3 is 2.76 bits per heavy atom. The van der Waals surface area contributed by atoms with E-state index in [0.29, 0.717) is 15.8 Å². The lowest BCUT2D eigenvalue weighted by atomic mass is 10.2. The maximum Gasteiger partial charge on any atom is 0.188 e. The largest absolute Gasteiger partial charge is 0.495 e. The summed E-state index contributed by atoms with van der Waals surface area (Å²) in [5.41, 5.74) is 2.73. The molecule has 0 amide bonds. The highest BCUT2D eigenvalue weighted by molar-refractivity contribution is 7.22. The van der Waals surface area contributed by atoms with Crippen molar-refractivity contribution in [3.8, 4) is 5.75 Å². The van der Waals surface area contributed by atoms with Crippen LogP contribution in [0.15, 0.2) is 30.3 Å². The van der Waals surface area contributed by atoms with Gasteiger partial charge in [0.2, 0.25) is 0 Å². The number of fused-ring (bicyclic) bond motifs is 1. The average Bonchev–Trinajstić information content (AvgIpc) is 2.84. The smallest absolute Gasteiger partial charge is 0.188 e. The maximum absolute atomic E-state index is 6.11. The minimum Gasteiger partial charge on any atom is -0.495 e. The maximum atomic E-state index is 6.11. The number of hydrogen-bond donors (Lipinski definition) is 1. The first-order valence-corrected chi connectivity index (χ1v) is 7.81. The van der Waals surface area contributed by atoms with Crippen LogP contribution in [-0.2, 0) is 0 Å². The number of nitrogens with zero attached hydrogens (tertiary/aromatic N) is 1. The Hall–Kier alpha value is -1.49. The van der Waals surface area contributed by atoms with Crippen molar-refractivity contribution in [1.29, 1.82) is 0 Å². The zero-order valence-corrected chi connectivity index (χ0v) is 13.7. The van der Waals surface area contributed by atoms with Crippen molar-refractivity contribution < 1.29 is 4.74 Å². The average molecular weight is 339 g/mol. The van der Waals surface area contributed by atoms with E-state index in [1.165, 1.54) is 0 Å². The van der Waals surface area contributed by atoms with Crippen LogP contribution in [0.25, 0.3) is 10.2 Å². The second kappa shape index (κ2) is 5.72. The van der Waals surface area contributed by atoms with Crippen molar-refractivity contribution in [2.75, 3.05) is 12.4 Å². The first-order chi connectivity index (χ1) is 10.1. The molecular weight excluding hydrogens is 327 g/mol. The number of hydrogen-bond acceptors (Lipinski definition) is 4. The molecule has 1 heterocycles. The van der Waals surface area contributed by atoms with Crippen molar-refractivity contribution in [3.63, 3.8) is 0 Å². The van der Waals surface area contributed by atoms with Crippen LogP contribution in [-0.4, -0.2) is 12.1 Å². The lowest BCUT2D eigenvalue weighted by Crippen LogP contribution is -1.95. The monoisotopic (exact) mass is 338 g/mol. The highest BCUT2D eigenvalue weighted by atomic mass is 35.5. The zero-order chi connectivity index (χ0) is 15.0. The first kappa shape index (κ1) is 14.4. The summed E-state index contributed by atoms with van der Waals surface area (Å²) in [5, 5.41) is 5.45. The summed E-state index contributed by atoms with van der Waals surface area (Å²) in [6.45, 7) is 1.95. The number of ether oxygens (including phenoxy) is 1. The van der Waals surface area contributed by atoms with Crippen LogP contribution < -0.4 is 10.1 Å². The van der Waals surface area contributed by atoms with Gasteiger partial charge in [-0.05, 0) is 36.8 Å². The van der Waals surface area contributed by atoms with E-state index in [1.54, 1.807) is 24.5 Å². The summed E-state index contributed by atoms with van der Waals surface area (Å²) >= 11 is 13.7. The van der Waals surface area contributed by atoms with E-state index in [2.05, 4.69) is 10.3 Å². The molecule has 1 aromatic heterocycles. The van der Waals surface area contributed by atoms with Gasteiger partial charge in [0.25, 0.3) is 0 Å². The first-order valence-electron chi connectivity index (χ1n) is 6.24. The third kappa shape index (κ3) is 2.93. The molecule has 0 aliphatic carbocycles. The minimum atomic E-state index is 0.675. The lowest BCUT2D eigenvalue weighted by Gasteiger charge is -2.11. The number of benzene rings is 2. The van der Waals surface area contributed by atoms with Crippen molar-refractivity contribution in [2.45, 2.75) is 6.92 Å². The fraction of sp³-hybridized carbons (Fsp3) is 0.133. The molecule has 3 nitrogen and oxygen atoms in total. The van der Waals surface area contributed by atoms with E-state index in [4.69, 9.17) is 27.9 Å². The van der Waals surface area contributed by atoms with E-state index in [9.17, 15) is 0 Å². The van der Waals surface area contributed by atoms with Gasteiger partial charge in [-0.3, -0.25) is 0 Å².